The lowest BCUT2D eigenvalue weighted by Gasteiger charge is -2.33. The summed E-state index contributed by atoms with van der Waals surface area (Å²) in [4.78, 5) is 8.85. The summed E-state index contributed by atoms with van der Waals surface area (Å²) in [5, 5.41) is 0. The molecule has 1 fully saturated rings. The van der Waals surface area contributed by atoms with Crippen LogP contribution in [-0.2, 0) is 5.88 Å². The first-order valence-corrected chi connectivity index (χ1v) is 6.51. The van der Waals surface area contributed by atoms with Gasteiger partial charge in [-0.1, -0.05) is 13.8 Å². The Labute approximate surface area is 102 Å². The van der Waals surface area contributed by atoms with E-state index in [1.807, 2.05) is 12.4 Å². The van der Waals surface area contributed by atoms with Gasteiger partial charge in [-0.05, 0) is 31.1 Å². The van der Waals surface area contributed by atoms with Gasteiger partial charge in [-0.3, -0.25) is 0 Å². The monoisotopic (exact) mass is 238 g/mol. The zero-order valence-electron chi connectivity index (χ0n) is 10.0. The van der Waals surface area contributed by atoms with E-state index < -0.39 is 0 Å². The van der Waals surface area contributed by atoms with Crippen molar-refractivity contribution in [1.29, 1.82) is 0 Å². The van der Waals surface area contributed by atoms with E-state index in [1.54, 1.807) is 0 Å². The molecule has 0 aromatic carbocycles. The molecule has 88 valence electrons. The van der Waals surface area contributed by atoms with Crippen LogP contribution in [0.4, 0.5) is 0 Å². The summed E-state index contributed by atoms with van der Waals surface area (Å²) in [6.45, 7) is 4.70. The molecule has 0 aliphatic heterocycles. The highest BCUT2D eigenvalue weighted by molar-refractivity contribution is 6.17. The maximum absolute atomic E-state index is 5.72. The van der Waals surface area contributed by atoms with Gasteiger partial charge in [0, 0.05) is 23.9 Å². The Hall–Kier alpha value is -0.630. The van der Waals surface area contributed by atoms with Crippen molar-refractivity contribution >= 4 is 11.6 Å². The van der Waals surface area contributed by atoms with Crippen LogP contribution in [0, 0.1) is 5.41 Å². The molecule has 3 heteroatoms. The smallest absolute Gasteiger partial charge is 0.131 e. The van der Waals surface area contributed by atoms with Crippen molar-refractivity contribution in [3.63, 3.8) is 0 Å². The molecule has 1 aromatic rings. The molecule has 1 aromatic heterocycles. The van der Waals surface area contributed by atoms with Crippen molar-refractivity contribution in [2.24, 2.45) is 5.41 Å². The van der Waals surface area contributed by atoms with Crippen molar-refractivity contribution in [1.82, 2.24) is 9.97 Å². The third-order valence-electron chi connectivity index (χ3n) is 3.58. The molecule has 0 unspecified atom stereocenters. The fraction of sp³-hybridized carbons (Fsp3) is 0.692. The summed E-state index contributed by atoms with van der Waals surface area (Å²) in [5.41, 5.74) is 1.51. The van der Waals surface area contributed by atoms with E-state index in [2.05, 4.69) is 23.8 Å². The Bertz CT molecular complexity index is 335. The van der Waals surface area contributed by atoms with Gasteiger partial charge in [0.25, 0.3) is 0 Å². The van der Waals surface area contributed by atoms with Crippen molar-refractivity contribution in [2.45, 2.75) is 51.3 Å². The van der Waals surface area contributed by atoms with Gasteiger partial charge in [-0.15, -0.1) is 11.6 Å². The van der Waals surface area contributed by atoms with Crippen molar-refractivity contribution < 1.29 is 0 Å². The van der Waals surface area contributed by atoms with E-state index in [-0.39, 0.29) is 0 Å². The van der Waals surface area contributed by atoms with Gasteiger partial charge < -0.3 is 0 Å². The van der Waals surface area contributed by atoms with Crippen molar-refractivity contribution in [2.75, 3.05) is 0 Å². The molecule has 0 bridgehead atoms. The number of aromatic nitrogens is 2. The first-order chi connectivity index (χ1) is 7.61. The minimum Gasteiger partial charge on any atom is -0.241 e. The standard InChI is InChI=1S/C13H19ClN2/c1-13(2)5-3-11(4-6-13)12-15-8-10(7-14)9-16-12/h8-9,11H,3-7H2,1-2H3. The molecule has 0 spiro atoms. The Morgan fingerprint density at radius 1 is 1.25 bits per heavy atom. The number of hydrogen-bond donors (Lipinski definition) is 0. The van der Waals surface area contributed by atoms with Crippen LogP contribution in [0.3, 0.4) is 0 Å². The topological polar surface area (TPSA) is 25.8 Å². The van der Waals surface area contributed by atoms with Crippen LogP contribution in [0.15, 0.2) is 12.4 Å². The van der Waals surface area contributed by atoms with Crippen molar-refractivity contribution in [3.8, 4) is 0 Å². The molecule has 0 radical (unpaired) electrons. The molecule has 0 atom stereocenters. The normalized spacial score (nSPS) is 20.9. The molecule has 0 amide bonds. The fourth-order valence-electron chi connectivity index (χ4n) is 2.30. The third-order valence-corrected chi connectivity index (χ3v) is 3.89. The summed E-state index contributed by atoms with van der Waals surface area (Å²) in [5.74, 6) is 2.06. The molecule has 1 heterocycles. The molecule has 1 aliphatic rings. The summed E-state index contributed by atoms with van der Waals surface area (Å²) in [6, 6.07) is 0. The van der Waals surface area contributed by atoms with Gasteiger partial charge in [-0.2, -0.15) is 0 Å². The Morgan fingerprint density at radius 2 is 1.81 bits per heavy atom. The predicted octanol–water partition coefficient (Wildman–Crippen LogP) is 3.90. The minimum atomic E-state index is 0.498. The third kappa shape index (κ3) is 2.73. The lowest BCUT2D eigenvalue weighted by atomic mass is 9.73. The second kappa shape index (κ2) is 4.70. The Balaban J connectivity index is 2.03. The number of hydrogen-bond acceptors (Lipinski definition) is 2. The average Bonchev–Trinajstić information content (AvgIpc) is 2.29. The summed E-state index contributed by atoms with van der Waals surface area (Å²) < 4.78 is 0. The van der Waals surface area contributed by atoms with Crippen LogP contribution in [0.1, 0.15) is 56.8 Å². The second-order valence-electron chi connectivity index (χ2n) is 5.52. The molecule has 16 heavy (non-hydrogen) atoms. The predicted molar refractivity (Wildman–Crippen MR) is 66.6 cm³/mol. The maximum Gasteiger partial charge on any atom is 0.131 e. The van der Waals surface area contributed by atoms with Crippen LogP contribution in [0.25, 0.3) is 0 Å². The minimum absolute atomic E-state index is 0.498. The van der Waals surface area contributed by atoms with E-state index in [9.17, 15) is 0 Å². The van der Waals surface area contributed by atoms with Gasteiger partial charge in [0.2, 0.25) is 0 Å². The first-order valence-electron chi connectivity index (χ1n) is 5.97. The van der Waals surface area contributed by atoms with E-state index in [0.29, 0.717) is 17.2 Å². The maximum atomic E-state index is 5.72. The van der Waals surface area contributed by atoms with Crippen LogP contribution in [-0.4, -0.2) is 9.97 Å². The average molecular weight is 239 g/mol. The second-order valence-corrected chi connectivity index (χ2v) is 5.79. The molecule has 2 nitrogen and oxygen atoms in total. The SMILES string of the molecule is CC1(C)CCC(c2ncc(CCl)cn2)CC1. The van der Waals surface area contributed by atoms with Gasteiger partial charge in [0.05, 0.1) is 5.88 Å². The lowest BCUT2D eigenvalue weighted by Crippen LogP contribution is -2.21. The van der Waals surface area contributed by atoms with Crippen LogP contribution in [0.5, 0.6) is 0 Å². The van der Waals surface area contributed by atoms with Crippen molar-refractivity contribution in [3.05, 3.63) is 23.8 Å². The molecular formula is C13H19ClN2. The largest absolute Gasteiger partial charge is 0.241 e. The number of alkyl halides is 1. The number of nitrogens with zero attached hydrogens (tertiary/aromatic N) is 2. The zero-order chi connectivity index (χ0) is 11.6. The highest BCUT2D eigenvalue weighted by Gasteiger charge is 2.28. The highest BCUT2D eigenvalue weighted by atomic mass is 35.5. The summed E-state index contributed by atoms with van der Waals surface area (Å²) in [7, 11) is 0. The first kappa shape index (κ1) is 11.8. The van der Waals surface area contributed by atoms with Crippen LogP contribution >= 0.6 is 11.6 Å². The quantitative estimate of drug-likeness (QED) is 0.731. The number of halogens is 1. The molecule has 2 rings (SSSR count). The summed E-state index contributed by atoms with van der Waals surface area (Å²) >= 11 is 5.72. The van der Waals surface area contributed by atoms with E-state index in [1.165, 1.54) is 25.7 Å². The van der Waals surface area contributed by atoms with E-state index in [0.717, 1.165) is 11.4 Å². The Kier molecular flexibility index (Phi) is 3.48. The van der Waals surface area contributed by atoms with E-state index in [4.69, 9.17) is 11.6 Å². The zero-order valence-corrected chi connectivity index (χ0v) is 10.8. The summed E-state index contributed by atoms with van der Waals surface area (Å²) in [6.07, 6.45) is 8.70. The molecule has 0 N–H and O–H groups in total. The van der Waals surface area contributed by atoms with Gasteiger partial charge in [0.1, 0.15) is 5.82 Å². The van der Waals surface area contributed by atoms with Crippen LogP contribution < -0.4 is 0 Å². The molecule has 1 aliphatic carbocycles. The van der Waals surface area contributed by atoms with Gasteiger partial charge in [-0.25, -0.2) is 9.97 Å². The number of rotatable bonds is 2. The van der Waals surface area contributed by atoms with Gasteiger partial charge >= 0.3 is 0 Å². The fourth-order valence-corrected chi connectivity index (χ4v) is 2.44. The molecular weight excluding hydrogens is 220 g/mol. The van der Waals surface area contributed by atoms with Crippen LogP contribution in [0.2, 0.25) is 0 Å². The van der Waals surface area contributed by atoms with E-state index >= 15 is 0 Å². The lowest BCUT2D eigenvalue weighted by molar-refractivity contribution is 0.220. The Morgan fingerprint density at radius 3 is 2.31 bits per heavy atom. The van der Waals surface area contributed by atoms with Gasteiger partial charge in [0.15, 0.2) is 0 Å². The molecule has 0 saturated heterocycles. The molecule has 1 saturated carbocycles. The highest BCUT2D eigenvalue weighted by Crippen LogP contribution is 2.41.